The number of anilines is 4. The van der Waals surface area contributed by atoms with Gasteiger partial charge in [0.1, 0.15) is 0 Å². The molecule has 0 saturated carbocycles. The number of nitrogens with one attached hydrogen (secondary N) is 2. The first-order valence-corrected chi connectivity index (χ1v) is 11.2. The van der Waals surface area contributed by atoms with Crippen LogP contribution in [0.4, 0.5) is 22.2 Å². The van der Waals surface area contributed by atoms with Gasteiger partial charge < -0.3 is 10.6 Å². The predicted octanol–water partition coefficient (Wildman–Crippen LogP) is 5.46. The van der Waals surface area contributed by atoms with Crippen LogP contribution in [0.2, 0.25) is 0 Å². The monoisotopic (exact) mass is 462 g/mol. The quantitative estimate of drug-likeness (QED) is 0.476. The summed E-state index contributed by atoms with van der Waals surface area (Å²) in [5, 5.41) is 7.91. The summed E-state index contributed by atoms with van der Waals surface area (Å²) in [6, 6.07) is 16.2. The SMILES string of the molecule is CC(=O)N(c1ccccc1)c1nc(/C=C/C(=O)Nc2cccc(NC(=O)C(C)(C)C)c2)cs1. The second-order valence-corrected chi connectivity index (χ2v) is 9.19. The fourth-order valence-corrected chi connectivity index (χ4v) is 3.65. The zero-order chi connectivity index (χ0) is 24.0. The maximum atomic E-state index is 12.4. The summed E-state index contributed by atoms with van der Waals surface area (Å²) >= 11 is 1.32. The van der Waals surface area contributed by atoms with E-state index in [-0.39, 0.29) is 17.7 Å². The maximum absolute atomic E-state index is 12.4. The first-order chi connectivity index (χ1) is 15.6. The molecule has 0 bridgehead atoms. The van der Waals surface area contributed by atoms with Gasteiger partial charge in [0.05, 0.1) is 11.4 Å². The topological polar surface area (TPSA) is 91.4 Å². The normalized spacial score (nSPS) is 11.3. The molecule has 33 heavy (non-hydrogen) atoms. The molecule has 0 aliphatic heterocycles. The molecule has 2 aromatic carbocycles. The molecule has 170 valence electrons. The fraction of sp³-hybridized carbons (Fsp3) is 0.200. The number of carbonyl (C=O) groups is 3. The zero-order valence-electron chi connectivity index (χ0n) is 19.0. The highest BCUT2D eigenvalue weighted by molar-refractivity contribution is 7.14. The Hall–Kier alpha value is -3.78. The Bertz CT molecular complexity index is 1180. The largest absolute Gasteiger partial charge is 0.326 e. The van der Waals surface area contributed by atoms with Crippen molar-refractivity contribution in [2.24, 2.45) is 5.41 Å². The van der Waals surface area contributed by atoms with E-state index in [4.69, 9.17) is 0 Å². The number of aromatic nitrogens is 1. The van der Waals surface area contributed by atoms with Crippen LogP contribution < -0.4 is 15.5 Å². The molecular formula is C25H26N4O3S. The van der Waals surface area contributed by atoms with E-state index in [9.17, 15) is 14.4 Å². The van der Waals surface area contributed by atoms with Crippen molar-refractivity contribution in [3.05, 3.63) is 71.7 Å². The van der Waals surface area contributed by atoms with Gasteiger partial charge >= 0.3 is 0 Å². The number of carbonyl (C=O) groups excluding carboxylic acids is 3. The molecule has 1 aromatic heterocycles. The van der Waals surface area contributed by atoms with Crippen LogP contribution in [0.25, 0.3) is 6.08 Å². The Balaban J connectivity index is 1.66. The van der Waals surface area contributed by atoms with Gasteiger partial charge in [-0.1, -0.05) is 45.0 Å². The summed E-state index contributed by atoms with van der Waals surface area (Å²) in [4.78, 5) is 42.7. The molecule has 0 aliphatic rings. The van der Waals surface area contributed by atoms with Crippen molar-refractivity contribution in [2.75, 3.05) is 15.5 Å². The van der Waals surface area contributed by atoms with Gasteiger partial charge in [0, 0.05) is 35.2 Å². The summed E-state index contributed by atoms with van der Waals surface area (Å²) in [6.07, 6.45) is 2.96. The maximum Gasteiger partial charge on any atom is 0.248 e. The number of nitrogens with zero attached hydrogens (tertiary/aromatic N) is 2. The number of hydrogen-bond donors (Lipinski definition) is 2. The standard InChI is InChI=1S/C25H26N4O3S/c1-17(30)29(21-11-6-5-7-12-21)24-28-20(16-33-24)13-14-22(31)26-18-9-8-10-19(15-18)27-23(32)25(2,3)4/h5-16H,1-4H3,(H,26,31)(H,27,32)/b14-13+. The molecule has 0 unspecified atom stereocenters. The molecular weight excluding hydrogens is 436 g/mol. The van der Waals surface area contributed by atoms with Gasteiger partial charge in [-0.3, -0.25) is 19.3 Å². The van der Waals surface area contributed by atoms with Crippen molar-refractivity contribution in [1.82, 2.24) is 4.98 Å². The van der Waals surface area contributed by atoms with Crippen molar-refractivity contribution in [1.29, 1.82) is 0 Å². The zero-order valence-corrected chi connectivity index (χ0v) is 19.8. The van der Waals surface area contributed by atoms with E-state index in [0.29, 0.717) is 22.2 Å². The Kier molecular flexibility index (Phi) is 7.40. The number of benzene rings is 2. The van der Waals surface area contributed by atoms with E-state index in [2.05, 4.69) is 15.6 Å². The first-order valence-electron chi connectivity index (χ1n) is 10.4. The van der Waals surface area contributed by atoms with Gasteiger partial charge in [-0.25, -0.2) is 4.98 Å². The molecule has 0 fully saturated rings. The molecule has 2 N–H and O–H groups in total. The average molecular weight is 463 g/mol. The second-order valence-electron chi connectivity index (χ2n) is 8.35. The Morgan fingerprint density at radius 1 is 0.970 bits per heavy atom. The van der Waals surface area contributed by atoms with Crippen LogP contribution >= 0.6 is 11.3 Å². The number of hydrogen-bond acceptors (Lipinski definition) is 5. The van der Waals surface area contributed by atoms with Crippen molar-refractivity contribution in [3.8, 4) is 0 Å². The number of thiazole rings is 1. The van der Waals surface area contributed by atoms with Crippen LogP contribution in [-0.2, 0) is 14.4 Å². The molecule has 3 rings (SSSR count). The summed E-state index contributed by atoms with van der Waals surface area (Å²) in [7, 11) is 0. The third-order valence-electron chi connectivity index (χ3n) is 4.51. The highest BCUT2D eigenvalue weighted by Gasteiger charge is 2.21. The molecule has 0 saturated heterocycles. The van der Waals surface area contributed by atoms with Crippen molar-refractivity contribution in [2.45, 2.75) is 27.7 Å². The van der Waals surface area contributed by atoms with Crippen LogP contribution in [0.5, 0.6) is 0 Å². The molecule has 8 heteroatoms. The van der Waals surface area contributed by atoms with Gasteiger partial charge in [-0.15, -0.1) is 11.3 Å². The molecule has 0 atom stereocenters. The summed E-state index contributed by atoms with van der Waals surface area (Å²) in [6.45, 7) is 6.98. The average Bonchev–Trinajstić information content (AvgIpc) is 3.21. The van der Waals surface area contributed by atoms with E-state index >= 15 is 0 Å². The van der Waals surface area contributed by atoms with E-state index in [1.54, 1.807) is 35.7 Å². The highest BCUT2D eigenvalue weighted by atomic mass is 32.1. The Labute approximate surface area is 197 Å². The van der Waals surface area contributed by atoms with E-state index in [0.717, 1.165) is 5.69 Å². The lowest BCUT2D eigenvalue weighted by molar-refractivity contribution is -0.123. The number of amides is 3. The number of para-hydroxylation sites is 1. The van der Waals surface area contributed by atoms with Crippen LogP contribution in [0.3, 0.4) is 0 Å². The van der Waals surface area contributed by atoms with Crippen LogP contribution in [0.1, 0.15) is 33.4 Å². The van der Waals surface area contributed by atoms with Crippen molar-refractivity contribution < 1.29 is 14.4 Å². The Morgan fingerprint density at radius 2 is 1.64 bits per heavy atom. The lowest BCUT2D eigenvalue weighted by atomic mass is 9.95. The third kappa shape index (κ3) is 6.60. The van der Waals surface area contributed by atoms with E-state index in [1.165, 1.54) is 29.2 Å². The molecule has 3 aromatic rings. The first kappa shape index (κ1) is 23.9. The highest BCUT2D eigenvalue weighted by Crippen LogP contribution is 2.29. The Morgan fingerprint density at radius 3 is 2.27 bits per heavy atom. The van der Waals surface area contributed by atoms with Gasteiger partial charge in [0.15, 0.2) is 5.13 Å². The fourth-order valence-electron chi connectivity index (χ4n) is 2.80. The van der Waals surface area contributed by atoms with Crippen LogP contribution in [0, 0.1) is 5.41 Å². The van der Waals surface area contributed by atoms with Gasteiger partial charge in [0.2, 0.25) is 17.7 Å². The number of rotatable bonds is 6. The smallest absolute Gasteiger partial charge is 0.248 e. The third-order valence-corrected chi connectivity index (χ3v) is 5.35. The molecule has 7 nitrogen and oxygen atoms in total. The molecule has 0 aliphatic carbocycles. The molecule has 0 spiro atoms. The second kappa shape index (κ2) is 10.2. The lowest BCUT2D eigenvalue weighted by Gasteiger charge is -2.18. The van der Waals surface area contributed by atoms with E-state index < -0.39 is 5.41 Å². The molecule has 0 radical (unpaired) electrons. The van der Waals surface area contributed by atoms with Gasteiger partial charge in [-0.2, -0.15) is 0 Å². The van der Waals surface area contributed by atoms with Crippen LogP contribution in [-0.4, -0.2) is 22.7 Å². The van der Waals surface area contributed by atoms with Crippen molar-refractivity contribution >= 4 is 57.3 Å². The minimum atomic E-state index is -0.521. The van der Waals surface area contributed by atoms with E-state index in [1.807, 2.05) is 51.1 Å². The minimum Gasteiger partial charge on any atom is -0.326 e. The minimum absolute atomic E-state index is 0.111. The summed E-state index contributed by atoms with van der Waals surface area (Å²) in [5.41, 5.74) is 1.94. The molecule has 1 heterocycles. The summed E-state index contributed by atoms with van der Waals surface area (Å²) < 4.78 is 0. The summed E-state index contributed by atoms with van der Waals surface area (Å²) in [5.74, 6) is -0.599. The van der Waals surface area contributed by atoms with Crippen LogP contribution in [0.15, 0.2) is 66.1 Å². The van der Waals surface area contributed by atoms with Gasteiger partial charge in [-0.05, 0) is 36.4 Å². The molecule has 3 amide bonds. The van der Waals surface area contributed by atoms with Crippen molar-refractivity contribution in [3.63, 3.8) is 0 Å². The lowest BCUT2D eigenvalue weighted by Crippen LogP contribution is -2.27. The van der Waals surface area contributed by atoms with Gasteiger partial charge in [0.25, 0.3) is 0 Å². The predicted molar refractivity (Wildman–Crippen MR) is 134 cm³/mol.